The summed E-state index contributed by atoms with van der Waals surface area (Å²) in [6, 6.07) is 11.0. The molecule has 1 saturated heterocycles. The lowest BCUT2D eigenvalue weighted by Gasteiger charge is -2.20. The van der Waals surface area contributed by atoms with Gasteiger partial charge in [-0.05, 0) is 36.8 Å². The van der Waals surface area contributed by atoms with E-state index in [4.69, 9.17) is 4.74 Å². The van der Waals surface area contributed by atoms with Crippen molar-refractivity contribution in [2.24, 2.45) is 0 Å². The summed E-state index contributed by atoms with van der Waals surface area (Å²) >= 11 is 0. The first kappa shape index (κ1) is 21.7. The topological polar surface area (TPSA) is 57.7 Å². The second kappa shape index (κ2) is 8.81. The minimum Gasteiger partial charge on any atom is -0.489 e. The maximum absolute atomic E-state index is 12.9. The van der Waals surface area contributed by atoms with Gasteiger partial charge in [0.25, 0.3) is 0 Å². The van der Waals surface area contributed by atoms with Crippen molar-refractivity contribution in [1.82, 2.24) is 15.2 Å². The predicted molar refractivity (Wildman–Crippen MR) is 108 cm³/mol. The molecule has 1 aliphatic rings. The Balaban J connectivity index is 1.57. The van der Waals surface area contributed by atoms with Crippen LogP contribution in [-0.4, -0.2) is 49.2 Å². The molecular formula is C21H25F3N4O2. The normalized spacial score (nSPS) is 17.5. The van der Waals surface area contributed by atoms with E-state index in [2.05, 4.69) is 10.3 Å². The monoisotopic (exact) mass is 422 g/mol. The number of rotatable bonds is 5. The molecule has 1 aromatic heterocycles. The average Bonchev–Trinajstić information content (AvgIpc) is 3.16. The first-order chi connectivity index (χ1) is 14.1. The van der Waals surface area contributed by atoms with E-state index in [1.165, 1.54) is 11.0 Å². The summed E-state index contributed by atoms with van der Waals surface area (Å²) in [7, 11) is 3.36. The first-order valence-corrected chi connectivity index (χ1v) is 9.67. The fourth-order valence-corrected chi connectivity index (χ4v) is 3.21. The molecule has 0 radical (unpaired) electrons. The van der Waals surface area contributed by atoms with Crippen molar-refractivity contribution >= 4 is 11.8 Å². The van der Waals surface area contributed by atoms with Crippen LogP contribution in [-0.2, 0) is 6.18 Å². The maximum atomic E-state index is 12.9. The van der Waals surface area contributed by atoms with E-state index in [0.717, 1.165) is 11.6 Å². The van der Waals surface area contributed by atoms with E-state index in [0.29, 0.717) is 31.1 Å². The van der Waals surface area contributed by atoms with Gasteiger partial charge in [0.2, 0.25) is 0 Å². The van der Waals surface area contributed by atoms with Crippen LogP contribution in [0.15, 0.2) is 42.5 Å². The molecule has 2 aromatic rings. The highest BCUT2D eigenvalue weighted by molar-refractivity contribution is 5.74. The van der Waals surface area contributed by atoms with Gasteiger partial charge in [-0.1, -0.05) is 18.2 Å². The maximum Gasteiger partial charge on any atom is 0.433 e. The summed E-state index contributed by atoms with van der Waals surface area (Å²) in [6.07, 6.45) is -3.91. The number of benzene rings is 1. The first-order valence-electron chi connectivity index (χ1n) is 9.67. The number of hydrogen-bond acceptors (Lipinski definition) is 4. The van der Waals surface area contributed by atoms with Gasteiger partial charge in [-0.15, -0.1) is 0 Å². The number of alkyl halides is 3. The number of nitrogens with zero attached hydrogens (tertiary/aromatic N) is 3. The highest BCUT2D eigenvalue weighted by Crippen LogP contribution is 2.30. The summed E-state index contributed by atoms with van der Waals surface area (Å²) in [5.41, 5.74) is 0.0502. The van der Waals surface area contributed by atoms with E-state index in [-0.39, 0.29) is 18.2 Å². The molecule has 0 bridgehead atoms. The summed E-state index contributed by atoms with van der Waals surface area (Å²) in [5.74, 6) is 0.977. The standard InChI is InChI=1S/C21H25F3N4O2/c1-14(25-20(29)27(2)3)15-7-9-16(10-8-15)30-17-11-12-28(13-17)19-6-4-5-18(26-19)21(22,23)24/h4-10,14,17H,11-13H2,1-3H3,(H,25,29)/t14-,17+/m0/s1. The number of carbonyl (C=O) groups excluding carboxylic acids is 1. The van der Waals surface area contributed by atoms with Gasteiger partial charge in [0.15, 0.2) is 0 Å². The molecule has 3 rings (SSSR count). The Hall–Kier alpha value is -2.97. The van der Waals surface area contributed by atoms with E-state index < -0.39 is 11.9 Å². The molecule has 162 valence electrons. The Morgan fingerprint density at radius 3 is 2.57 bits per heavy atom. The van der Waals surface area contributed by atoms with E-state index in [1.807, 2.05) is 31.2 Å². The van der Waals surface area contributed by atoms with Crippen molar-refractivity contribution in [3.8, 4) is 5.75 Å². The fourth-order valence-electron chi connectivity index (χ4n) is 3.21. The predicted octanol–water partition coefficient (Wildman–Crippen LogP) is 4.09. The lowest BCUT2D eigenvalue weighted by Crippen LogP contribution is -2.36. The van der Waals surface area contributed by atoms with Crippen LogP contribution >= 0.6 is 0 Å². The molecule has 1 aromatic carbocycles. The zero-order chi connectivity index (χ0) is 21.9. The van der Waals surface area contributed by atoms with Crippen LogP contribution in [0.25, 0.3) is 0 Å². The van der Waals surface area contributed by atoms with Crippen LogP contribution < -0.4 is 15.0 Å². The lowest BCUT2D eigenvalue weighted by atomic mass is 10.1. The zero-order valence-corrected chi connectivity index (χ0v) is 17.1. The summed E-state index contributed by atoms with van der Waals surface area (Å²) in [6.45, 7) is 2.93. The molecule has 2 atom stereocenters. The molecule has 2 amide bonds. The molecule has 1 aliphatic heterocycles. The molecule has 0 unspecified atom stereocenters. The Bertz CT molecular complexity index is 871. The molecule has 0 spiro atoms. The zero-order valence-electron chi connectivity index (χ0n) is 17.1. The molecular weight excluding hydrogens is 397 g/mol. The number of amides is 2. The van der Waals surface area contributed by atoms with Crippen LogP contribution in [0.2, 0.25) is 0 Å². The molecule has 2 heterocycles. The molecule has 0 aliphatic carbocycles. The van der Waals surface area contributed by atoms with Gasteiger partial charge in [-0.3, -0.25) is 0 Å². The van der Waals surface area contributed by atoms with Gasteiger partial charge >= 0.3 is 12.2 Å². The molecule has 1 N–H and O–H groups in total. The van der Waals surface area contributed by atoms with Crippen LogP contribution in [0, 0.1) is 0 Å². The lowest BCUT2D eigenvalue weighted by molar-refractivity contribution is -0.141. The molecule has 1 fully saturated rings. The van der Waals surface area contributed by atoms with Crippen molar-refractivity contribution in [1.29, 1.82) is 0 Å². The smallest absolute Gasteiger partial charge is 0.433 e. The Morgan fingerprint density at radius 1 is 1.23 bits per heavy atom. The van der Waals surface area contributed by atoms with Gasteiger partial charge in [0.05, 0.1) is 12.6 Å². The van der Waals surface area contributed by atoms with Crippen molar-refractivity contribution in [3.63, 3.8) is 0 Å². The highest BCUT2D eigenvalue weighted by atomic mass is 19.4. The van der Waals surface area contributed by atoms with Gasteiger partial charge in [0, 0.05) is 27.1 Å². The number of urea groups is 1. The SMILES string of the molecule is C[C@H](NC(=O)N(C)C)c1ccc(O[C@@H]2CCN(c3cccc(C(F)(F)F)n3)C2)cc1. The molecule has 6 nitrogen and oxygen atoms in total. The van der Waals surface area contributed by atoms with Crippen molar-refractivity contribution in [2.75, 3.05) is 32.1 Å². The van der Waals surface area contributed by atoms with Crippen molar-refractivity contribution < 1.29 is 22.7 Å². The van der Waals surface area contributed by atoms with Crippen molar-refractivity contribution in [2.45, 2.75) is 31.7 Å². The quantitative estimate of drug-likeness (QED) is 0.789. The second-order valence-electron chi connectivity index (χ2n) is 7.49. The minimum absolute atomic E-state index is 0.141. The second-order valence-corrected chi connectivity index (χ2v) is 7.49. The Morgan fingerprint density at radius 2 is 1.93 bits per heavy atom. The third-order valence-electron chi connectivity index (χ3n) is 4.92. The minimum atomic E-state index is -4.46. The van der Waals surface area contributed by atoms with E-state index in [1.54, 1.807) is 25.1 Å². The molecule has 0 saturated carbocycles. The van der Waals surface area contributed by atoms with Crippen LogP contribution in [0.1, 0.15) is 30.6 Å². The highest BCUT2D eigenvalue weighted by Gasteiger charge is 2.33. The molecule has 30 heavy (non-hydrogen) atoms. The number of halogens is 3. The number of hydrogen-bond donors (Lipinski definition) is 1. The fraction of sp³-hybridized carbons (Fsp3) is 0.429. The van der Waals surface area contributed by atoms with Gasteiger partial charge in [-0.25, -0.2) is 9.78 Å². The average molecular weight is 422 g/mol. The van der Waals surface area contributed by atoms with E-state index >= 15 is 0 Å². The largest absolute Gasteiger partial charge is 0.489 e. The van der Waals surface area contributed by atoms with Crippen LogP contribution in [0.3, 0.4) is 0 Å². The van der Waals surface area contributed by atoms with Gasteiger partial charge < -0.3 is 19.9 Å². The third kappa shape index (κ3) is 5.34. The number of ether oxygens (including phenoxy) is 1. The van der Waals surface area contributed by atoms with Crippen LogP contribution in [0.5, 0.6) is 5.75 Å². The van der Waals surface area contributed by atoms with Gasteiger partial charge in [0.1, 0.15) is 23.4 Å². The van der Waals surface area contributed by atoms with Crippen molar-refractivity contribution in [3.05, 3.63) is 53.7 Å². The summed E-state index contributed by atoms with van der Waals surface area (Å²) < 4.78 is 44.7. The van der Waals surface area contributed by atoms with E-state index in [9.17, 15) is 18.0 Å². The summed E-state index contributed by atoms with van der Waals surface area (Å²) in [4.78, 5) is 18.8. The summed E-state index contributed by atoms with van der Waals surface area (Å²) in [5, 5.41) is 2.88. The number of nitrogens with one attached hydrogen (secondary N) is 1. The van der Waals surface area contributed by atoms with Gasteiger partial charge in [-0.2, -0.15) is 13.2 Å². The molecule has 9 heteroatoms. The number of anilines is 1. The number of pyridine rings is 1. The third-order valence-corrected chi connectivity index (χ3v) is 4.92. The van der Waals surface area contributed by atoms with Crippen LogP contribution in [0.4, 0.5) is 23.8 Å². The number of aromatic nitrogens is 1. The Kier molecular flexibility index (Phi) is 6.38. The number of carbonyl (C=O) groups is 1. The Labute approximate surface area is 173 Å².